The first-order valence-electron chi connectivity index (χ1n) is 26.5. The lowest BCUT2D eigenvalue weighted by molar-refractivity contribution is 1.18. The fourth-order valence-corrected chi connectivity index (χ4v) is 10.8. The monoisotopic (exact) mass is 1030 g/mol. The van der Waals surface area contributed by atoms with Crippen LogP contribution in [0.4, 0.5) is 51.2 Å². The molecule has 0 saturated carbocycles. The molecule has 8 nitrogen and oxygen atoms in total. The molecule has 13 aromatic rings. The molecule has 0 fully saturated rings. The van der Waals surface area contributed by atoms with Crippen LogP contribution in [0.3, 0.4) is 0 Å². The minimum absolute atomic E-state index is 0.445. The molecule has 0 saturated heterocycles. The van der Waals surface area contributed by atoms with E-state index < -0.39 is 0 Å². The number of rotatable bonds is 12. The SMILES string of the molecule is [C-]#[N+]c1cccc(-c2cc(-c3ccc(-c4ccc(-c5ccc(-n6c7ccc(N(c8ccccc8)c8ccccc8)cc7c7cc(N(c8ccccc8)c8ccccc8)ccc76)cc5)cc4)c([N+]#[C-])c3)nc(-c3cccc([N+]#[C-])c3)n2)c1. The Morgan fingerprint density at radius 2 is 0.728 bits per heavy atom. The molecule has 0 amide bonds. The zero-order valence-electron chi connectivity index (χ0n) is 43.6. The van der Waals surface area contributed by atoms with Gasteiger partial charge in [0.05, 0.1) is 42.1 Å². The summed E-state index contributed by atoms with van der Waals surface area (Å²) >= 11 is 0. The Hall–Kier alpha value is -11.6. The van der Waals surface area contributed by atoms with Crippen LogP contribution in [0.1, 0.15) is 0 Å². The number of aromatic nitrogens is 3. The van der Waals surface area contributed by atoms with Gasteiger partial charge in [-0.2, -0.15) is 0 Å². The van der Waals surface area contributed by atoms with Crippen LogP contribution in [-0.4, -0.2) is 14.5 Å². The Kier molecular flexibility index (Phi) is 12.9. The molecule has 0 aliphatic rings. The maximum absolute atomic E-state index is 8.32. The highest BCUT2D eigenvalue weighted by Gasteiger charge is 2.21. The second-order valence-corrected chi connectivity index (χ2v) is 19.5. The van der Waals surface area contributed by atoms with Gasteiger partial charge in [0.15, 0.2) is 22.9 Å². The molecule has 0 aliphatic carbocycles. The lowest BCUT2D eigenvalue weighted by Gasteiger charge is -2.26. The summed E-state index contributed by atoms with van der Waals surface area (Å²) < 4.78 is 2.37. The van der Waals surface area contributed by atoms with Gasteiger partial charge in [-0.05, 0) is 155 Å². The van der Waals surface area contributed by atoms with Crippen molar-refractivity contribution in [2.75, 3.05) is 9.80 Å². The van der Waals surface area contributed by atoms with Gasteiger partial charge in [-0.15, -0.1) is 0 Å². The van der Waals surface area contributed by atoms with Crippen LogP contribution in [0.5, 0.6) is 0 Å². The van der Waals surface area contributed by atoms with E-state index in [1.807, 2.05) is 48.5 Å². The molecular formula is C73H46N8. The van der Waals surface area contributed by atoms with Gasteiger partial charge in [0.25, 0.3) is 0 Å². The predicted molar refractivity (Wildman–Crippen MR) is 332 cm³/mol. The Bertz CT molecular complexity index is 4300. The summed E-state index contributed by atoms with van der Waals surface area (Å²) in [6.45, 7) is 23.5. The standard InChI is InChI=1S/C73H46N8/c1-74-56-20-16-18-53(44-56)68-49-69(78-73(77-68)55-19-17-21-57(45-55)75-2)54-36-41-65(70(46-54)76-3)52-32-30-50(31-33-52)51-34-37-62(38-35-51)81-71-42-39-63(79(58-22-8-4-9-23-58)59-24-10-5-11-25-59)47-66(71)67-48-64(40-43-72(67)81)80(60-26-12-6-13-27-60)61-28-14-7-15-29-61/h4-49H. The third kappa shape index (κ3) is 9.57. The number of anilines is 6. The Morgan fingerprint density at radius 3 is 1.20 bits per heavy atom. The number of hydrogen-bond acceptors (Lipinski definition) is 4. The van der Waals surface area contributed by atoms with Gasteiger partial charge in [0, 0.05) is 56.1 Å². The molecule has 0 radical (unpaired) electrons. The number of fused-ring (bicyclic) bond motifs is 3. The Balaban J connectivity index is 0.856. The highest BCUT2D eigenvalue weighted by Crippen LogP contribution is 2.44. The molecule has 378 valence electrons. The molecule has 2 heterocycles. The summed E-state index contributed by atoms with van der Waals surface area (Å²) in [7, 11) is 0. The van der Waals surface area contributed by atoms with Gasteiger partial charge in [-0.3, -0.25) is 0 Å². The van der Waals surface area contributed by atoms with Crippen LogP contribution in [0.15, 0.2) is 279 Å². The van der Waals surface area contributed by atoms with Crippen LogP contribution >= 0.6 is 0 Å². The topological polar surface area (TPSA) is 50.3 Å². The molecule has 81 heavy (non-hydrogen) atoms. The van der Waals surface area contributed by atoms with Gasteiger partial charge in [0.1, 0.15) is 0 Å². The number of nitrogens with zero attached hydrogens (tertiary/aromatic N) is 8. The zero-order valence-corrected chi connectivity index (χ0v) is 43.6. The first kappa shape index (κ1) is 49.0. The van der Waals surface area contributed by atoms with E-state index in [0.717, 1.165) is 95.0 Å². The van der Waals surface area contributed by atoms with E-state index in [-0.39, 0.29) is 0 Å². The van der Waals surface area contributed by atoms with Gasteiger partial charge < -0.3 is 14.4 Å². The second kappa shape index (κ2) is 21.4. The van der Waals surface area contributed by atoms with Crippen LogP contribution in [-0.2, 0) is 0 Å². The third-order valence-electron chi connectivity index (χ3n) is 14.6. The average Bonchev–Trinajstić information content (AvgIpc) is 4.14. The molecule has 0 spiro atoms. The number of hydrogen-bond donors (Lipinski definition) is 0. The van der Waals surface area contributed by atoms with Crippen LogP contribution in [0, 0.1) is 19.7 Å². The smallest absolute Gasteiger partial charge is 0.195 e. The summed E-state index contributed by atoms with van der Waals surface area (Å²) in [4.78, 5) is 25.8. The predicted octanol–water partition coefficient (Wildman–Crippen LogP) is 20.5. The number of benzene rings is 11. The molecule has 13 rings (SSSR count). The zero-order chi connectivity index (χ0) is 54.7. The maximum Gasteiger partial charge on any atom is 0.195 e. The van der Waals surface area contributed by atoms with Crippen molar-refractivity contribution in [2.45, 2.75) is 0 Å². The van der Waals surface area contributed by atoms with Gasteiger partial charge >= 0.3 is 0 Å². The normalized spacial score (nSPS) is 10.9. The van der Waals surface area contributed by atoms with Crippen molar-refractivity contribution in [1.29, 1.82) is 0 Å². The molecule has 0 N–H and O–H groups in total. The minimum atomic E-state index is 0.445. The summed E-state index contributed by atoms with van der Waals surface area (Å²) in [6.07, 6.45) is 0. The van der Waals surface area contributed by atoms with Crippen molar-refractivity contribution in [2.24, 2.45) is 0 Å². The highest BCUT2D eigenvalue weighted by molar-refractivity contribution is 6.12. The summed E-state index contributed by atoms with van der Waals surface area (Å²) in [5, 5.41) is 2.26. The fourth-order valence-electron chi connectivity index (χ4n) is 10.8. The van der Waals surface area contributed by atoms with E-state index in [4.69, 9.17) is 29.7 Å². The van der Waals surface area contributed by atoms with Crippen molar-refractivity contribution in [3.8, 4) is 61.8 Å². The molecule has 11 aromatic carbocycles. The van der Waals surface area contributed by atoms with Gasteiger partial charge in [0.2, 0.25) is 0 Å². The summed E-state index contributed by atoms with van der Waals surface area (Å²) in [5.41, 5.74) is 18.4. The number of para-hydroxylation sites is 4. The van der Waals surface area contributed by atoms with Gasteiger partial charge in [-0.1, -0.05) is 158 Å². The van der Waals surface area contributed by atoms with E-state index in [0.29, 0.717) is 39.8 Å². The largest absolute Gasteiger partial charge is 0.310 e. The lowest BCUT2D eigenvalue weighted by Crippen LogP contribution is -2.09. The van der Waals surface area contributed by atoms with Crippen molar-refractivity contribution >= 4 is 73.0 Å². The van der Waals surface area contributed by atoms with E-state index in [1.165, 1.54) is 0 Å². The minimum Gasteiger partial charge on any atom is -0.310 e. The first-order valence-corrected chi connectivity index (χ1v) is 26.5. The van der Waals surface area contributed by atoms with E-state index in [9.17, 15) is 0 Å². The average molecular weight is 1040 g/mol. The Labute approximate surface area is 470 Å². The second-order valence-electron chi connectivity index (χ2n) is 19.5. The van der Waals surface area contributed by atoms with E-state index in [1.54, 1.807) is 24.3 Å². The third-order valence-corrected chi connectivity index (χ3v) is 14.6. The van der Waals surface area contributed by atoms with Crippen molar-refractivity contribution in [1.82, 2.24) is 14.5 Å². The van der Waals surface area contributed by atoms with Crippen LogP contribution in [0.2, 0.25) is 0 Å². The molecule has 0 unspecified atom stereocenters. The van der Waals surface area contributed by atoms with E-state index in [2.05, 4.69) is 235 Å². The van der Waals surface area contributed by atoms with Crippen molar-refractivity contribution < 1.29 is 0 Å². The molecule has 2 aromatic heterocycles. The summed E-state index contributed by atoms with van der Waals surface area (Å²) in [5.74, 6) is 0.445. The fraction of sp³-hybridized carbons (Fsp3) is 0. The highest BCUT2D eigenvalue weighted by atomic mass is 15.1. The first-order chi connectivity index (χ1) is 40.0. The lowest BCUT2D eigenvalue weighted by atomic mass is 9.97. The molecular weight excluding hydrogens is 989 g/mol. The van der Waals surface area contributed by atoms with Crippen LogP contribution in [0.25, 0.3) is 98.2 Å². The maximum atomic E-state index is 8.32. The molecule has 0 atom stereocenters. The van der Waals surface area contributed by atoms with Gasteiger partial charge in [-0.25, -0.2) is 24.5 Å². The quantitative estimate of drug-likeness (QED) is 0.114. The summed E-state index contributed by atoms with van der Waals surface area (Å²) in [6, 6.07) is 95.2. The van der Waals surface area contributed by atoms with Crippen molar-refractivity contribution in [3.05, 3.63) is 313 Å². The van der Waals surface area contributed by atoms with Crippen molar-refractivity contribution in [3.63, 3.8) is 0 Å². The molecule has 0 aliphatic heterocycles. The Morgan fingerprint density at radius 1 is 0.309 bits per heavy atom. The molecule has 0 bridgehead atoms. The van der Waals surface area contributed by atoms with Crippen LogP contribution < -0.4 is 9.80 Å². The molecule has 8 heteroatoms. The van der Waals surface area contributed by atoms with E-state index >= 15 is 0 Å².